The van der Waals surface area contributed by atoms with Gasteiger partial charge >= 0.3 is 0 Å². The fourth-order valence-electron chi connectivity index (χ4n) is 1.40. The molecule has 13 heavy (non-hydrogen) atoms. The fourth-order valence-corrected chi connectivity index (χ4v) is 1.58. The Balaban J connectivity index is 2.45. The van der Waals surface area contributed by atoms with Crippen LogP contribution in [-0.2, 0) is 0 Å². The van der Waals surface area contributed by atoms with Gasteiger partial charge in [-0.15, -0.1) is 0 Å². The number of halogens is 1. The molecule has 1 heterocycles. The predicted molar refractivity (Wildman–Crippen MR) is 49.9 cm³/mol. The van der Waals surface area contributed by atoms with E-state index in [0.717, 1.165) is 5.56 Å². The van der Waals surface area contributed by atoms with Crippen molar-refractivity contribution in [2.24, 2.45) is 5.73 Å². The minimum Gasteiger partial charge on any atom is -0.490 e. The lowest BCUT2D eigenvalue weighted by Gasteiger charge is -2.27. The topological polar surface area (TPSA) is 55.5 Å². The highest BCUT2D eigenvalue weighted by atomic mass is 35.5. The van der Waals surface area contributed by atoms with E-state index in [1.54, 1.807) is 18.2 Å². The molecular formula is C9H10ClNO2. The Kier molecular flexibility index (Phi) is 2.15. The number of benzene rings is 1. The Morgan fingerprint density at radius 2 is 2.31 bits per heavy atom. The molecule has 0 saturated heterocycles. The smallest absolute Gasteiger partial charge is 0.124 e. The summed E-state index contributed by atoms with van der Waals surface area (Å²) in [5.74, 6) is 0.710. The number of aliphatic hydroxyl groups excluding tert-OH is 1. The van der Waals surface area contributed by atoms with Crippen LogP contribution >= 0.6 is 11.6 Å². The molecule has 1 aromatic carbocycles. The zero-order valence-electron chi connectivity index (χ0n) is 6.90. The average Bonchev–Trinajstić information content (AvgIpc) is 2.12. The van der Waals surface area contributed by atoms with Crippen LogP contribution in [0, 0.1) is 0 Å². The van der Waals surface area contributed by atoms with Gasteiger partial charge in [-0.3, -0.25) is 0 Å². The van der Waals surface area contributed by atoms with E-state index in [9.17, 15) is 5.11 Å². The Morgan fingerprint density at radius 1 is 1.54 bits per heavy atom. The Labute approximate surface area is 81.1 Å². The first-order valence-corrected chi connectivity index (χ1v) is 4.42. The number of hydrogen-bond donors (Lipinski definition) is 2. The number of fused-ring (bicyclic) bond motifs is 1. The first-order chi connectivity index (χ1) is 6.18. The normalized spacial score (nSPS) is 26.4. The van der Waals surface area contributed by atoms with Gasteiger partial charge in [-0.05, 0) is 18.2 Å². The number of rotatable bonds is 0. The highest BCUT2D eigenvalue weighted by molar-refractivity contribution is 6.30. The van der Waals surface area contributed by atoms with Crippen LogP contribution in [-0.4, -0.2) is 17.8 Å². The van der Waals surface area contributed by atoms with Crippen LogP contribution in [0.25, 0.3) is 0 Å². The van der Waals surface area contributed by atoms with E-state index in [2.05, 4.69) is 0 Å². The Bertz CT molecular complexity index is 329. The van der Waals surface area contributed by atoms with Gasteiger partial charge in [-0.25, -0.2) is 0 Å². The highest BCUT2D eigenvalue weighted by Crippen LogP contribution is 2.32. The molecule has 2 rings (SSSR count). The third-order valence-corrected chi connectivity index (χ3v) is 2.39. The van der Waals surface area contributed by atoms with Crippen LogP contribution in [0.1, 0.15) is 11.6 Å². The molecule has 2 atom stereocenters. The predicted octanol–water partition coefficient (Wildman–Crippen LogP) is 1.09. The van der Waals surface area contributed by atoms with Crippen LogP contribution in [0.15, 0.2) is 18.2 Å². The van der Waals surface area contributed by atoms with Crippen molar-refractivity contribution in [3.8, 4) is 5.75 Å². The summed E-state index contributed by atoms with van der Waals surface area (Å²) in [5, 5.41) is 10.0. The fraction of sp³-hybridized carbons (Fsp3) is 0.333. The molecule has 3 N–H and O–H groups in total. The van der Waals surface area contributed by atoms with E-state index in [1.807, 2.05) is 0 Å². The third-order valence-electron chi connectivity index (χ3n) is 2.16. The standard InChI is InChI=1S/C9H10ClNO2/c10-5-1-2-8-6(3-5)9(11)7(12)4-13-8/h1-3,7,9,12H,4,11H2. The molecule has 0 saturated carbocycles. The average molecular weight is 200 g/mol. The Hall–Kier alpha value is -0.770. The van der Waals surface area contributed by atoms with Gasteiger partial charge in [-0.1, -0.05) is 11.6 Å². The van der Waals surface area contributed by atoms with Gasteiger partial charge in [0.15, 0.2) is 0 Å². The summed E-state index contributed by atoms with van der Waals surface area (Å²) in [6.45, 7) is 0.246. The van der Waals surface area contributed by atoms with Crippen molar-refractivity contribution in [2.45, 2.75) is 12.1 Å². The van der Waals surface area contributed by atoms with Gasteiger partial charge in [0.05, 0.1) is 6.04 Å². The summed E-state index contributed by atoms with van der Waals surface area (Å²) < 4.78 is 5.27. The minimum absolute atomic E-state index is 0.246. The van der Waals surface area contributed by atoms with Crippen LogP contribution < -0.4 is 10.5 Å². The van der Waals surface area contributed by atoms with E-state index < -0.39 is 12.1 Å². The molecule has 70 valence electrons. The lowest BCUT2D eigenvalue weighted by atomic mass is 9.99. The van der Waals surface area contributed by atoms with E-state index in [4.69, 9.17) is 22.1 Å². The van der Waals surface area contributed by atoms with Crippen LogP contribution in [0.2, 0.25) is 5.02 Å². The molecule has 0 fully saturated rings. The van der Waals surface area contributed by atoms with Crippen molar-refractivity contribution in [3.05, 3.63) is 28.8 Å². The first-order valence-electron chi connectivity index (χ1n) is 4.04. The molecular weight excluding hydrogens is 190 g/mol. The van der Waals surface area contributed by atoms with Crippen molar-refractivity contribution in [1.29, 1.82) is 0 Å². The van der Waals surface area contributed by atoms with Crippen LogP contribution in [0.5, 0.6) is 5.75 Å². The molecule has 0 bridgehead atoms. The number of aliphatic hydroxyl groups is 1. The largest absolute Gasteiger partial charge is 0.490 e. The van der Waals surface area contributed by atoms with Crippen molar-refractivity contribution in [3.63, 3.8) is 0 Å². The van der Waals surface area contributed by atoms with E-state index in [-0.39, 0.29) is 6.61 Å². The Morgan fingerprint density at radius 3 is 3.08 bits per heavy atom. The maximum absolute atomic E-state index is 9.42. The zero-order chi connectivity index (χ0) is 9.42. The molecule has 3 nitrogen and oxygen atoms in total. The third kappa shape index (κ3) is 1.50. The van der Waals surface area contributed by atoms with Gasteiger partial charge in [0.1, 0.15) is 18.5 Å². The van der Waals surface area contributed by atoms with Crippen molar-refractivity contribution < 1.29 is 9.84 Å². The maximum Gasteiger partial charge on any atom is 0.124 e. The molecule has 0 spiro atoms. The molecule has 0 radical (unpaired) electrons. The molecule has 4 heteroatoms. The van der Waals surface area contributed by atoms with Gasteiger partial charge in [-0.2, -0.15) is 0 Å². The zero-order valence-corrected chi connectivity index (χ0v) is 7.66. The van der Waals surface area contributed by atoms with E-state index in [0.29, 0.717) is 10.8 Å². The summed E-state index contributed by atoms with van der Waals surface area (Å²) in [6, 6.07) is 4.83. The van der Waals surface area contributed by atoms with E-state index >= 15 is 0 Å². The molecule has 0 aliphatic carbocycles. The summed E-state index contributed by atoms with van der Waals surface area (Å²) >= 11 is 5.80. The summed E-state index contributed by atoms with van der Waals surface area (Å²) in [4.78, 5) is 0. The number of nitrogens with two attached hydrogens (primary N) is 1. The van der Waals surface area contributed by atoms with Gasteiger partial charge < -0.3 is 15.6 Å². The molecule has 1 aliphatic heterocycles. The second-order valence-electron chi connectivity index (χ2n) is 3.09. The lowest BCUT2D eigenvalue weighted by molar-refractivity contribution is 0.0679. The molecule has 2 unspecified atom stereocenters. The summed E-state index contributed by atoms with van der Waals surface area (Å²) in [7, 11) is 0. The first kappa shape index (κ1) is 8.81. The number of ether oxygens (including phenoxy) is 1. The van der Waals surface area contributed by atoms with Crippen molar-refractivity contribution >= 4 is 11.6 Å². The summed E-state index contributed by atoms with van der Waals surface area (Å²) in [5.41, 5.74) is 6.54. The van der Waals surface area contributed by atoms with E-state index in [1.165, 1.54) is 0 Å². The quantitative estimate of drug-likeness (QED) is 0.658. The van der Waals surface area contributed by atoms with Gasteiger partial charge in [0, 0.05) is 10.6 Å². The molecule has 0 aromatic heterocycles. The lowest BCUT2D eigenvalue weighted by Crippen LogP contribution is -2.35. The number of hydrogen-bond acceptors (Lipinski definition) is 3. The second kappa shape index (κ2) is 3.18. The summed E-state index contributed by atoms with van der Waals surface area (Å²) in [6.07, 6.45) is -0.647. The highest BCUT2D eigenvalue weighted by Gasteiger charge is 2.26. The molecule has 0 amide bonds. The monoisotopic (exact) mass is 199 g/mol. The van der Waals surface area contributed by atoms with Crippen molar-refractivity contribution in [2.75, 3.05) is 6.61 Å². The van der Waals surface area contributed by atoms with Gasteiger partial charge in [0.25, 0.3) is 0 Å². The molecule has 1 aromatic rings. The molecule has 1 aliphatic rings. The van der Waals surface area contributed by atoms with Crippen LogP contribution in [0.4, 0.5) is 0 Å². The SMILES string of the molecule is NC1c2cc(Cl)ccc2OCC1O. The minimum atomic E-state index is -0.647. The van der Waals surface area contributed by atoms with Gasteiger partial charge in [0.2, 0.25) is 0 Å². The van der Waals surface area contributed by atoms with Crippen molar-refractivity contribution in [1.82, 2.24) is 0 Å². The second-order valence-corrected chi connectivity index (χ2v) is 3.52. The maximum atomic E-state index is 9.42. The van der Waals surface area contributed by atoms with Crippen LogP contribution in [0.3, 0.4) is 0 Å².